The van der Waals surface area contributed by atoms with E-state index in [2.05, 4.69) is 5.32 Å². The third-order valence-electron chi connectivity index (χ3n) is 3.60. The lowest BCUT2D eigenvalue weighted by Gasteiger charge is -2.15. The first-order chi connectivity index (χ1) is 11.6. The molecule has 0 radical (unpaired) electrons. The molecule has 0 heterocycles. The van der Waals surface area contributed by atoms with Gasteiger partial charge < -0.3 is 14.8 Å². The second-order valence-corrected chi connectivity index (χ2v) is 5.46. The summed E-state index contributed by atoms with van der Waals surface area (Å²) in [7, 11) is 1.60. The van der Waals surface area contributed by atoms with E-state index >= 15 is 0 Å². The Labute approximate surface area is 141 Å². The molecule has 0 aliphatic rings. The Bertz CT molecular complexity index is 641. The maximum atomic E-state index is 12.8. The van der Waals surface area contributed by atoms with E-state index in [1.165, 1.54) is 12.1 Å². The van der Waals surface area contributed by atoms with Crippen LogP contribution in [0.2, 0.25) is 0 Å². The normalized spacial score (nSPS) is 11.6. The summed E-state index contributed by atoms with van der Waals surface area (Å²) in [6.07, 6.45) is 0.991. The van der Waals surface area contributed by atoms with E-state index in [4.69, 9.17) is 9.47 Å². The summed E-state index contributed by atoms with van der Waals surface area (Å²) >= 11 is 0. The number of carbonyl (C=O) groups excluding carboxylic acids is 1. The lowest BCUT2D eigenvalue weighted by Crippen LogP contribution is -2.36. The molecular formula is C19H22FNO3. The molecule has 2 aromatic carbocycles. The Morgan fingerprint density at radius 2 is 1.71 bits per heavy atom. The Balaban J connectivity index is 1.70. The third-order valence-corrected chi connectivity index (χ3v) is 3.60. The second-order valence-electron chi connectivity index (χ2n) is 5.46. The molecule has 0 saturated heterocycles. The van der Waals surface area contributed by atoms with Crippen molar-refractivity contribution in [3.8, 4) is 11.5 Å². The number of nitrogens with one attached hydrogen (secondary N) is 1. The van der Waals surface area contributed by atoms with Gasteiger partial charge in [-0.05, 0) is 61.7 Å². The molecule has 1 atom stereocenters. The van der Waals surface area contributed by atoms with Crippen LogP contribution in [0.5, 0.6) is 11.5 Å². The zero-order valence-corrected chi connectivity index (χ0v) is 13.9. The minimum atomic E-state index is -0.579. The molecule has 0 fully saturated rings. The second kappa shape index (κ2) is 8.91. The molecule has 0 aromatic heterocycles. The Kier molecular flexibility index (Phi) is 6.61. The van der Waals surface area contributed by atoms with Crippen LogP contribution in [0.1, 0.15) is 18.9 Å². The van der Waals surface area contributed by atoms with Crippen molar-refractivity contribution < 1.29 is 18.7 Å². The summed E-state index contributed by atoms with van der Waals surface area (Å²) in [5.41, 5.74) is 1.05. The van der Waals surface area contributed by atoms with Gasteiger partial charge in [0.05, 0.1) is 7.11 Å². The average molecular weight is 331 g/mol. The molecule has 0 unspecified atom stereocenters. The van der Waals surface area contributed by atoms with E-state index in [0.717, 1.165) is 24.2 Å². The molecule has 4 nitrogen and oxygen atoms in total. The van der Waals surface area contributed by atoms with Gasteiger partial charge in [-0.15, -0.1) is 0 Å². The monoisotopic (exact) mass is 331 g/mol. The van der Waals surface area contributed by atoms with E-state index in [9.17, 15) is 9.18 Å². The number of rotatable bonds is 8. The van der Waals surface area contributed by atoms with Crippen LogP contribution in [0, 0.1) is 5.82 Å². The van der Waals surface area contributed by atoms with Crippen LogP contribution in [0.4, 0.5) is 4.39 Å². The molecular weight excluding hydrogens is 309 g/mol. The van der Waals surface area contributed by atoms with Gasteiger partial charge in [-0.1, -0.05) is 12.1 Å². The van der Waals surface area contributed by atoms with Gasteiger partial charge in [-0.2, -0.15) is 0 Å². The molecule has 24 heavy (non-hydrogen) atoms. The van der Waals surface area contributed by atoms with Crippen LogP contribution in [-0.4, -0.2) is 25.7 Å². The quantitative estimate of drug-likeness (QED) is 0.755. The van der Waals surface area contributed by atoms with Crippen molar-refractivity contribution in [1.29, 1.82) is 0 Å². The van der Waals surface area contributed by atoms with Crippen molar-refractivity contribution in [3.63, 3.8) is 0 Å². The Morgan fingerprint density at radius 1 is 1.08 bits per heavy atom. The lowest BCUT2D eigenvalue weighted by molar-refractivity contribution is -0.127. The number of benzene rings is 2. The van der Waals surface area contributed by atoms with Gasteiger partial charge in [0.2, 0.25) is 0 Å². The fourth-order valence-corrected chi connectivity index (χ4v) is 2.21. The van der Waals surface area contributed by atoms with Crippen molar-refractivity contribution >= 4 is 5.91 Å². The van der Waals surface area contributed by atoms with E-state index in [-0.39, 0.29) is 11.7 Å². The Morgan fingerprint density at radius 3 is 2.33 bits per heavy atom. The molecule has 2 aromatic rings. The molecule has 0 bridgehead atoms. The van der Waals surface area contributed by atoms with Crippen molar-refractivity contribution in [2.24, 2.45) is 0 Å². The van der Waals surface area contributed by atoms with Crippen LogP contribution in [0.25, 0.3) is 0 Å². The number of aryl methyl sites for hydroxylation is 1. The topological polar surface area (TPSA) is 47.6 Å². The van der Waals surface area contributed by atoms with Crippen LogP contribution in [0.15, 0.2) is 48.5 Å². The molecule has 0 saturated carbocycles. The van der Waals surface area contributed by atoms with E-state index in [0.29, 0.717) is 12.3 Å². The van der Waals surface area contributed by atoms with Crippen LogP contribution in [0.3, 0.4) is 0 Å². The summed E-state index contributed by atoms with van der Waals surface area (Å²) in [5.74, 6) is 0.950. The number of methoxy groups -OCH3 is 1. The number of hydrogen-bond donors (Lipinski definition) is 1. The SMILES string of the molecule is COc1ccc(O[C@@H](C)C(=O)NCCCc2ccc(F)cc2)cc1. The van der Waals surface area contributed by atoms with Crippen molar-refractivity contribution in [2.45, 2.75) is 25.9 Å². The van der Waals surface area contributed by atoms with Crippen LogP contribution < -0.4 is 14.8 Å². The summed E-state index contributed by atoms with van der Waals surface area (Å²) in [6.45, 7) is 2.26. The van der Waals surface area contributed by atoms with Gasteiger partial charge in [0.15, 0.2) is 6.10 Å². The first kappa shape index (κ1) is 17.8. The zero-order valence-electron chi connectivity index (χ0n) is 13.9. The number of carbonyl (C=O) groups is 1. The molecule has 1 amide bonds. The summed E-state index contributed by atoms with van der Waals surface area (Å²) in [5, 5.41) is 2.84. The molecule has 0 spiro atoms. The maximum Gasteiger partial charge on any atom is 0.260 e. The molecule has 1 N–H and O–H groups in total. The summed E-state index contributed by atoms with van der Waals surface area (Å²) < 4.78 is 23.5. The lowest BCUT2D eigenvalue weighted by atomic mass is 10.1. The first-order valence-electron chi connectivity index (χ1n) is 7.91. The summed E-state index contributed by atoms with van der Waals surface area (Å²) in [6, 6.07) is 13.5. The van der Waals surface area contributed by atoms with E-state index in [1.807, 2.05) is 0 Å². The average Bonchev–Trinajstić information content (AvgIpc) is 2.60. The maximum absolute atomic E-state index is 12.8. The molecule has 0 aliphatic carbocycles. The minimum Gasteiger partial charge on any atom is -0.497 e. The minimum absolute atomic E-state index is 0.162. The van der Waals surface area contributed by atoms with E-state index < -0.39 is 6.10 Å². The van der Waals surface area contributed by atoms with Gasteiger partial charge in [0, 0.05) is 6.54 Å². The highest BCUT2D eigenvalue weighted by Gasteiger charge is 2.13. The fraction of sp³-hybridized carbons (Fsp3) is 0.316. The standard InChI is InChI=1S/C19H22FNO3/c1-14(24-18-11-9-17(23-2)10-12-18)19(22)21-13-3-4-15-5-7-16(20)8-6-15/h5-12,14H,3-4,13H2,1-2H3,(H,21,22)/t14-/m0/s1. The van der Waals surface area contributed by atoms with Crippen LogP contribution in [-0.2, 0) is 11.2 Å². The Hall–Kier alpha value is -2.56. The smallest absolute Gasteiger partial charge is 0.260 e. The van der Waals surface area contributed by atoms with Gasteiger partial charge >= 0.3 is 0 Å². The predicted molar refractivity (Wildman–Crippen MR) is 90.8 cm³/mol. The van der Waals surface area contributed by atoms with Crippen molar-refractivity contribution in [2.75, 3.05) is 13.7 Å². The molecule has 0 aliphatic heterocycles. The third kappa shape index (κ3) is 5.57. The first-order valence-corrected chi connectivity index (χ1v) is 7.91. The van der Waals surface area contributed by atoms with Crippen LogP contribution >= 0.6 is 0 Å². The van der Waals surface area contributed by atoms with Crippen molar-refractivity contribution in [1.82, 2.24) is 5.32 Å². The number of amides is 1. The highest BCUT2D eigenvalue weighted by molar-refractivity contribution is 5.80. The molecule has 128 valence electrons. The van der Waals surface area contributed by atoms with Gasteiger partial charge in [-0.3, -0.25) is 4.79 Å². The van der Waals surface area contributed by atoms with E-state index in [1.54, 1.807) is 50.4 Å². The number of ether oxygens (including phenoxy) is 2. The highest BCUT2D eigenvalue weighted by Crippen LogP contribution is 2.18. The predicted octanol–water partition coefficient (Wildman–Crippen LogP) is 3.35. The highest BCUT2D eigenvalue weighted by atomic mass is 19.1. The number of halogens is 1. The largest absolute Gasteiger partial charge is 0.497 e. The van der Waals surface area contributed by atoms with Gasteiger partial charge in [0.25, 0.3) is 5.91 Å². The fourth-order valence-electron chi connectivity index (χ4n) is 2.21. The summed E-state index contributed by atoms with van der Waals surface area (Å²) in [4.78, 5) is 12.0. The zero-order chi connectivity index (χ0) is 17.4. The molecule has 5 heteroatoms. The van der Waals surface area contributed by atoms with Gasteiger partial charge in [0.1, 0.15) is 17.3 Å². The van der Waals surface area contributed by atoms with Crippen molar-refractivity contribution in [3.05, 3.63) is 59.9 Å². The molecule has 2 rings (SSSR count). The van der Waals surface area contributed by atoms with Gasteiger partial charge in [-0.25, -0.2) is 4.39 Å². The number of hydrogen-bond acceptors (Lipinski definition) is 3.